The predicted octanol–water partition coefficient (Wildman–Crippen LogP) is 5.05. The summed E-state index contributed by atoms with van der Waals surface area (Å²) in [5.74, 6) is -0.299. The fourth-order valence-electron chi connectivity index (χ4n) is 1.90. The van der Waals surface area contributed by atoms with E-state index in [-0.39, 0.29) is 11.5 Å². The van der Waals surface area contributed by atoms with Gasteiger partial charge in [0.1, 0.15) is 11.9 Å². The molecule has 0 bridgehead atoms. The topological polar surface area (TPSA) is 61.1 Å². The molecule has 1 N–H and O–H groups in total. The molecule has 118 valence electrons. The summed E-state index contributed by atoms with van der Waals surface area (Å²) in [6.45, 7) is 0. The molecule has 0 unspecified atom stereocenters. The average Bonchev–Trinajstić information content (AvgIpc) is 3.08. The Labute approximate surface area is 150 Å². The monoisotopic (exact) mass is 400 g/mol. The van der Waals surface area contributed by atoms with E-state index < -0.39 is 0 Å². The Kier molecular flexibility index (Phi) is 4.99. The Balaban J connectivity index is 1.81. The summed E-state index contributed by atoms with van der Waals surface area (Å²) in [6, 6.07) is 15.5. The number of anilines is 1. The number of nitriles is 1. The van der Waals surface area contributed by atoms with Crippen molar-refractivity contribution in [3.63, 3.8) is 0 Å². The maximum absolute atomic E-state index is 13.0. The summed E-state index contributed by atoms with van der Waals surface area (Å²) in [5.41, 5.74) is 5.27. The molecular weight excluding hydrogens is 391 g/mol. The van der Waals surface area contributed by atoms with Crippen molar-refractivity contribution in [2.45, 2.75) is 0 Å². The van der Waals surface area contributed by atoms with Crippen LogP contribution in [0.2, 0.25) is 0 Å². The van der Waals surface area contributed by atoms with Gasteiger partial charge in [0, 0.05) is 15.4 Å². The number of halogens is 2. The second-order valence-electron chi connectivity index (χ2n) is 4.74. The minimum absolute atomic E-state index is 0.191. The third-order valence-electron chi connectivity index (χ3n) is 3.09. The van der Waals surface area contributed by atoms with Crippen molar-refractivity contribution in [3.8, 4) is 17.3 Å². The Morgan fingerprint density at radius 2 is 1.88 bits per heavy atom. The van der Waals surface area contributed by atoms with Crippen molar-refractivity contribution < 1.29 is 4.39 Å². The number of aromatic nitrogens is 1. The molecule has 3 rings (SSSR count). The molecule has 2 aromatic carbocycles. The Hall–Kier alpha value is -2.56. The minimum Gasteiger partial charge on any atom is -0.277 e. The number of rotatable bonds is 4. The first-order chi connectivity index (χ1) is 11.7. The molecule has 1 aromatic heterocycles. The van der Waals surface area contributed by atoms with Gasteiger partial charge in [0.2, 0.25) is 0 Å². The van der Waals surface area contributed by atoms with Crippen LogP contribution < -0.4 is 5.43 Å². The number of thiazole rings is 1. The summed E-state index contributed by atoms with van der Waals surface area (Å²) >= 11 is 4.67. The van der Waals surface area contributed by atoms with Gasteiger partial charge in [0.25, 0.3) is 0 Å². The molecule has 0 spiro atoms. The first kappa shape index (κ1) is 16.3. The van der Waals surface area contributed by atoms with E-state index in [1.807, 2.05) is 35.7 Å². The van der Waals surface area contributed by atoms with Crippen LogP contribution in [-0.2, 0) is 0 Å². The van der Waals surface area contributed by atoms with Gasteiger partial charge in [0.05, 0.1) is 11.4 Å². The van der Waals surface area contributed by atoms with Crippen LogP contribution in [-0.4, -0.2) is 10.7 Å². The lowest BCUT2D eigenvalue weighted by molar-refractivity contribution is 0.628. The van der Waals surface area contributed by atoms with Crippen molar-refractivity contribution in [2.24, 2.45) is 5.10 Å². The van der Waals surface area contributed by atoms with E-state index in [9.17, 15) is 9.65 Å². The zero-order valence-electron chi connectivity index (χ0n) is 12.2. The lowest BCUT2D eigenvalue weighted by atomic mass is 10.2. The highest BCUT2D eigenvalue weighted by molar-refractivity contribution is 9.10. The first-order valence-corrected chi connectivity index (χ1v) is 8.54. The van der Waals surface area contributed by atoms with E-state index >= 15 is 0 Å². The molecule has 0 atom stereocenters. The molecule has 24 heavy (non-hydrogen) atoms. The molecule has 0 radical (unpaired) electrons. The molecular formula is C17H10BrFN4S. The minimum atomic E-state index is -0.299. The highest BCUT2D eigenvalue weighted by atomic mass is 79.9. The van der Waals surface area contributed by atoms with Crippen LogP contribution in [0.25, 0.3) is 11.3 Å². The fourth-order valence-corrected chi connectivity index (χ4v) is 2.93. The van der Waals surface area contributed by atoms with Gasteiger partial charge in [-0.1, -0.05) is 15.9 Å². The first-order valence-electron chi connectivity index (χ1n) is 6.87. The number of benzene rings is 2. The van der Waals surface area contributed by atoms with Crippen molar-refractivity contribution in [1.29, 1.82) is 5.26 Å². The summed E-state index contributed by atoms with van der Waals surface area (Å²) in [4.78, 5) is 4.40. The third-order valence-corrected chi connectivity index (χ3v) is 4.47. The standard InChI is InChI=1S/C17H10BrFN4S/c18-12-3-7-14(8-4-12)22-23-15(9-20)17-21-16(10-24-17)11-1-5-13(19)6-2-11/h1-8,10,22H. The molecule has 0 fully saturated rings. The van der Waals surface area contributed by atoms with E-state index in [0.717, 1.165) is 15.7 Å². The maximum Gasteiger partial charge on any atom is 0.196 e. The molecule has 0 amide bonds. The van der Waals surface area contributed by atoms with E-state index in [2.05, 4.69) is 31.4 Å². The van der Waals surface area contributed by atoms with Crippen molar-refractivity contribution in [2.75, 3.05) is 5.43 Å². The van der Waals surface area contributed by atoms with Crippen molar-refractivity contribution in [3.05, 3.63) is 69.2 Å². The van der Waals surface area contributed by atoms with Gasteiger partial charge in [-0.25, -0.2) is 9.37 Å². The largest absolute Gasteiger partial charge is 0.277 e. The zero-order valence-corrected chi connectivity index (χ0v) is 14.6. The van der Waals surface area contributed by atoms with Crippen LogP contribution in [0.3, 0.4) is 0 Å². The summed E-state index contributed by atoms with van der Waals surface area (Å²) in [7, 11) is 0. The molecule has 0 aliphatic carbocycles. The zero-order chi connectivity index (χ0) is 16.9. The third kappa shape index (κ3) is 3.85. The summed E-state index contributed by atoms with van der Waals surface area (Å²) < 4.78 is 13.9. The predicted molar refractivity (Wildman–Crippen MR) is 97.4 cm³/mol. The van der Waals surface area contributed by atoms with Crippen molar-refractivity contribution >= 4 is 38.7 Å². The van der Waals surface area contributed by atoms with E-state index in [1.165, 1.54) is 23.5 Å². The Bertz CT molecular complexity index is 911. The lowest BCUT2D eigenvalue weighted by Gasteiger charge is -2.00. The van der Waals surface area contributed by atoms with Gasteiger partial charge in [-0.3, -0.25) is 5.43 Å². The highest BCUT2D eigenvalue weighted by Crippen LogP contribution is 2.23. The average molecular weight is 401 g/mol. The van der Waals surface area contributed by atoms with Crippen LogP contribution in [0, 0.1) is 17.1 Å². The van der Waals surface area contributed by atoms with Gasteiger partial charge in [-0.15, -0.1) is 11.3 Å². The number of nitrogens with zero attached hydrogens (tertiary/aromatic N) is 3. The van der Waals surface area contributed by atoms with Gasteiger partial charge in [-0.05, 0) is 48.5 Å². The number of hydrazone groups is 1. The summed E-state index contributed by atoms with van der Waals surface area (Å²) in [6.07, 6.45) is 0. The van der Waals surface area contributed by atoms with Crippen LogP contribution >= 0.6 is 27.3 Å². The van der Waals surface area contributed by atoms with E-state index in [0.29, 0.717) is 10.7 Å². The van der Waals surface area contributed by atoms with Crippen LogP contribution in [0.4, 0.5) is 10.1 Å². The second-order valence-corrected chi connectivity index (χ2v) is 6.51. The van der Waals surface area contributed by atoms with Crippen LogP contribution in [0.1, 0.15) is 5.01 Å². The summed E-state index contributed by atoms with van der Waals surface area (Å²) in [5, 5.41) is 15.7. The quantitative estimate of drug-likeness (QED) is 0.492. The maximum atomic E-state index is 13.0. The van der Waals surface area contributed by atoms with Gasteiger partial charge in [-0.2, -0.15) is 10.4 Å². The molecule has 0 saturated heterocycles. The molecule has 4 nitrogen and oxygen atoms in total. The van der Waals surface area contributed by atoms with Gasteiger partial charge < -0.3 is 0 Å². The van der Waals surface area contributed by atoms with Crippen molar-refractivity contribution in [1.82, 2.24) is 4.98 Å². The van der Waals surface area contributed by atoms with E-state index in [1.54, 1.807) is 12.1 Å². The molecule has 0 aliphatic heterocycles. The van der Waals surface area contributed by atoms with Crippen LogP contribution in [0.5, 0.6) is 0 Å². The van der Waals surface area contributed by atoms with Crippen LogP contribution in [0.15, 0.2) is 63.5 Å². The molecule has 0 saturated carbocycles. The highest BCUT2D eigenvalue weighted by Gasteiger charge is 2.10. The Morgan fingerprint density at radius 1 is 1.17 bits per heavy atom. The number of hydrogen-bond acceptors (Lipinski definition) is 5. The smallest absolute Gasteiger partial charge is 0.196 e. The van der Waals surface area contributed by atoms with Gasteiger partial charge >= 0.3 is 0 Å². The van der Waals surface area contributed by atoms with Gasteiger partial charge in [0.15, 0.2) is 10.7 Å². The molecule has 0 aliphatic rings. The molecule has 3 aromatic rings. The lowest BCUT2D eigenvalue weighted by Crippen LogP contribution is -2.01. The second kappa shape index (κ2) is 7.34. The number of hydrogen-bond donors (Lipinski definition) is 1. The Morgan fingerprint density at radius 3 is 2.54 bits per heavy atom. The number of nitrogens with one attached hydrogen (secondary N) is 1. The fraction of sp³-hybridized carbons (Fsp3) is 0. The molecule has 1 heterocycles. The van der Waals surface area contributed by atoms with E-state index in [4.69, 9.17) is 0 Å². The SMILES string of the molecule is N#CC(=NNc1ccc(Br)cc1)c1nc(-c2ccc(F)cc2)cs1. The molecule has 7 heteroatoms. The normalized spacial score (nSPS) is 11.1.